The lowest BCUT2D eigenvalue weighted by Gasteiger charge is -2.27. The number of hydrogen-bond acceptors (Lipinski definition) is 6. The number of aryl methyl sites for hydroxylation is 1. The molecule has 2 aromatic heterocycles. The summed E-state index contributed by atoms with van der Waals surface area (Å²) in [7, 11) is 0. The maximum Gasteiger partial charge on any atom is 0.421 e. The Balaban J connectivity index is 1.61. The van der Waals surface area contributed by atoms with Gasteiger partial charge in [0.1, 0.15) is 17.2 Å². The maximum atomic E-state index is 13.5. The molecular weight excluding hydrogens is 385 g/mol. The van der Waals surface area contributed by atoms with Gasteiger partial charge in [-0.2, -0.15) is 23.3 Å². The Kier molecular flexibility index (Phi) is 4.41. The molecule has 4 heterocycles. The predicted octanol–water partition coefficient (Wildman–Crippen LogP) is 3.84. The van der Waals surface area contributed by atoms with Crippen molar-refractivity contribution in [2.75, 3.05) is 23.8 Å². The molecule has 29 heavy (non-hydrogen) atoms. The van der Waals surface area contributed by atoms with Gasteiger partial charge >= 0.3 is 6.18 Å². The SMILES string of the molecule is Cc1nn(C2CCC2)c2c1CC[C@H]1COC[C@@H]1Nc1nc(ncc1C(F)(F)F)N2. The molecule has 1 aliphatic carbocycles. The summed E-state index contributed by atoms with van der Waals surface area (Å²) in [6.45, 7) is 2.87. The monoisotopic (exact) mass is 408 g/mol. The highest BCUT2D eigenvalue weighted by atomic mass is 19.4. The van der Waals surface area contributed by atoms with E-state index in [9.17, 15) is 13.2 Å². The normalized spacial score (nSPS) is 24.6. The Labute approximate surface area is 166 Å². The van der Waals surface area contributed by atoms with Gasteiger partial charge in [-0.25, -0.2) is 9.67 Å². The number of fused-ring (bicyclic) bond motifs is 4. The van der Waals surface area contributed by atoms with E-state index in [-0.39, 0.29) is 23.7 Å². The molecule has 2 N–H and O–H groups in total. The first-order chi connectivity index (χ1) is 13.9. The number of rotatable bonds is 1. The van der Waals surface area contributed by atoms with E-state index in [4.69, 9.17) is 9.84 Å². The molecule has 2 aromatic rings. The van der Waals surface area contributed by atoms with E-state index in [0.717, 1.165) is 55.4 Å². The van der Waals surface area contributed by atoms with Crippen LogP contribution in [0.25, 0.3) is 0 Å². The highest BCUT2D eigenvalue weighted by Gasteiger charge is 2.38. The van der Waals surface area contributed by atoms with Crippen molar-refractivity contribution >= 4 is 17.6 Å². The van der Waals surface area contributed by atoms with E-state index < -0.39 is 11.7 Å². The Morgan fingerprint density at radius 3 is 2.76 bits per heavy atom. The number of nitrogens with one attached hydrogen (secondary N) is 2. The fourth-order valence-corrected chi connectivity index (χ4v) is 4.32. The summed E-state index contributed by atoms with van der Waals surface area (Å²) < 4.78 is 48.1. The number of nitrogens with zero attached hydrogens (tertiary/aromatic N) is 4. The second-order valence-electron chi connectivity index (χ2n) is 8.11. The molecule has 0 spiro atoms. The molecule has 7 nitrogen and oxygen atoms in total. The number of halogens is 3. The van der Waals surface area contributed by atoms with Gasteiger partial charge in [-0.1, -0.05) is 0 Å². The molecule has 0 amide bonds. The summed E-state index contributed by atoms with van der Waals surface area (Å²) in [5.74, 6) is 0.840. The number of ether oxygens (including phenoxy) is 1. The topological polar surface area (TPSA) is 76.9 Å². The Morgan fingerprint density at radius 2 is 2.03 bits per heavy atom. The molecule has 2 atom stereocenters. The molecule has 1 saturated heterocycles. The second-order valence-corrected chi connectivity index (χ2v) is 8.11. The molecular formula is C19H23F3N6O. The van der Waals surface area contributed by atoms with Gasteiger partial charge in [-0.15, -0.1) is 0 Å². The number of alkyl halides is 3. The van der Waals surface area contributed by atoms with Crippen molar-refractivity contribution in [3.05, 3.63) is 23.0 Å². The van der Waals surface area contributed by atoms with Crippen LogP contribution in [0, 0.1) is 12.8 Å². The zero-order valence-electron chi connectivity index (χ0n) is 16.1. The summed E-state index contributed by atoms with van der Waals surface area (Å²) >= 11 is 0. The van der Waals surface area contributed by atoms with Crippen molar-refractivity contribution in [3.63, 3.8) is 0 Å². The highest BCUT2D eigenvalue weighted by Crippen LogP contribution is 2.39. The molecule has 2 bridgehead atoms. The molecule has 0 aromatic carbocycles. The molecule has 2 aliphatic heterocycles. The standard InChI is InChI=1S/C19H23F3N6O/c1-10-13-6-5-11-8-29-9-15(11)24-16-14(19(20,21)22)7-23-18(25-16)26-17(13)28(27-10)12-3-2-4-12/h7,11-12,15H,2-6,8-9H2,1H3,(H2,23,24,25,26)/t11-,15-/m0/s1. The smallest absolute Gasteiger partial charge is 0.379 e. The Bertz CT molecular complexity index is 923. The third kappa shape index (κ3) is 3.33. The van der Waals surface area contributed by atoms with Gasteiger partial charge in [0.15, 0.2) is 0 Å². The lowest BCUT2D eigenvalue weighted by atomic mass is 9.93. The molecule has 1 saturated carbocycles. The lowest BCUT2D eigenvalue weighted by Crippen LogP contribution is -2.30. The average Bonchev–Trinajstić information content (AvgIpc) is 3.15. The minimum atomic E-state index is -4.54. The summed E-state index contributed by atoms with van der Waals surface area (Å²) in [4.78, 5) is 8.17. The van der Waals surface area contributed by atoms with Crippen molar-refractivity contribution in [2.45, 2.75) is 57.3 Å². The summed E-state index contributed by atoms with van der Waals surface area (Å²) in [5.41, 5.74) is 1.15. The molecule has 2 fully saturated rings. The van der Waals surface area contributed by atoms with Gasteiger partial charge in [0.05, 0.1) is 31.0 Å². The first-order valence-electron chi connectivity index (χ1n) is 10.0. The van der Waals surface area contributed by atoms with Crippen LogP contribution in [0.2, 0.25) is 0 Å². The van der Waals surface area contributed by atoms with E-state index in [1.807, 2.05) is 11.6 Å². The van der Waals surface area contributed by atoms with Crippen LogP contribution in [0.4, 0.5) is 30.8 Å². The Hall–Kier alpha value is -2.36. The third-order valence-electron chi connectivity index (χ3n) is 6.24. The number of aromatic nitrogens is 4. The molecule has 0 unspecified atom stereocenters. The van der Waals surface area contributed by atoms with Crippen molar-refractivity contribution in [1.82, 2.24) is 19.7 Å². The number of hydrogen-bond donors (Lipinski definition) is 2. The zero-order chi connectivity index (χ0) is 20.2. The highest BCUT2D eigenvalue weighted by molar-refractivity contribution is 5.59. The third-order valence-corrected chi connectivity index (χ3v) is 6.24. The van der Waals surface area contributed by atoms with Crippen LogP contribution in [0.15, 0.2) is 6.20 Å². The second kappa shape index (κ2) is 6.86. The van der Waals surface area contributed by atoms with Crippen LogP contribution < -0.4 is 10.6 Å². The van der Waals surface area contributed by atoms with E-state index in [1.165, 1.54) is 0 Å². The summed E-state index contributed by atoms with van der Waals surface area (Å²) in [6.07, 6.45) is 1.14. The van der Waals surface area contributed by atoms with Crippen molar-refractivity contribution in [1.29, 1.82) is 0 Å². The van der Waals surface area contributed by atoms with E-state index in [1.54, 1.807) is 0 Å². The van der Waals surface area contributed by atoms with Gasteiger partial charge in [-0.05, 0) is 39.0 Å². The molecule has 0 radical (unpaired) electrons. The molecule has 3 aliphatic rings. The predicted molar refractivity (Wildman–Crippen MR) is 100 cm³/mol. The summed E-state index contributed by atoms with van der Waals surface area (Å²) in [5, 5.41) is 10.9. The van der Waals surface area contributed by atoms with Gasteiger partial charge in [-0.3, -0.25) is 0 Å². The minimum Gasteiger partial charge on any atom is -0.379 e. The van der Waals surface area contributed by atoms with Crippen LogP contribution >= 0.6 is 0 Å². The van der Waals surface area contributed by atoms with Gasteiger partial charge in [0.25, 0.3) is 0 Å². The maximum absolute atomic E-state index is 13.5. The largest absolute Gasteiger partial charge is 0.421 e. The van der Waals surface area contributed by atoms with E-state index >= 15 is 0 Å². The zero-order valence-corrected chi connectivity index (χ0v) is 16.1. The van der Waals surface area contributed by atoms with Crippen molar-refractivity contribution in [2.24, 2.45) is 5.92 Å². The van der Waals surface area contributed by atoms with E-state index in [2.05, 4.69) is 20.6 Å². The van der Waals surface area contributed by atoms with Crippen LogP contribution in [0.3, 0.4) is 0 Å². The number of anilines is 3. The van der Waals surface area contributed by atoms with Crippen LogP contribution in [-0.4, -0.2) is 39.0 Å². The summed E-state index contributed by atoms with van der Waals surface area (Å²) in [6, 6.07) is 0.0899. The van der Waals surface area contributed by atoms with Gasteiger partial charge < -0.3 is 15.4 Å². The Morgan fingerprint density at radius 1 is 1.21 bits per heavy atom. The average molecular weight is 408 g/mol. The molecule has 156 valence electrons. The van der Waals surface area contributed by atoms with Gasteiger partial charge in [0, 0.05) is 17.7 Å². The quantitative estimate of drug-likeness (QED) is 0.747. The first kappa shape index (κ1) is 18.7. The fraction of sp³-hybridized carbons (Fsp3) is 0.632. The van der Waals surface area contributed by atoms with Crippen LogP contribution in [0.1, 0.15) is 48.5 Å². The lowest BCUT2D eigenvalue weighted by molar-refractivity contribution is -0.137. The van der Waals surface area contributed by atoms with Crippen LogP contribution in [0.5, 0.6) is 0 Å². The van der Waals surface area contributed by atoms with Crippen molar-refractivity contribution < 1.29 is 17.9 Å². The van der Waals surface area contributed by atoms with Crippen LogP contribution in [-0.2, 0) is 17.3 Å². The van der Waals surface area contributed by atoms with Crippen molar-refractivity contribution in [3.8, 4) is 0 Å². The fourth-order valence-electron chi connectivity index (χ4n) is 4.32. The molecule has 10 heteroatoms. The minimum absolute atomic E-state index is 0.104. The van der Waals surface area contributed by atoms with Gasteiger partial charge in [0.2, 0.25) is 5.95 Å². The van der Waals surface area contributed by atoms with E-state index in [0.29, 0.717) is 19.3 Å². The molecule has 5 rings (SSSR count). The first-order valence-corrected chi connectivity index (χ1v) is 10.0.